The molecule has 19 heavy (non-hydrogen) atoms. The molecule has 0 radical (unpaired) electrons. The number of hydrazine groups is 1. The van der Waals surface area contributed by atoms with Crippen molar-refractivity contribution in [2.45, 2.75) is 39.3 Å². The van der Waals surface area contributed by atoms with Gasteiger partial charge in [0.15, 0.2) is 0 Å². The van der Waals surface area contributed by atoms with E-state index in [9.17, 15) is 0 Å². The minimum Gasteiger partial charge on any atom is -0.275 e. The van der Waals surface area contributed by atoms with Crippen molar-refractivity contribution in [1.29, 1.82) is 0 Å². The molecule has 0 aliphatic carbocycles. The van der Waals surface area contributed by atoms with Gasteiger partial charge >= 0.3 is 0 Å². The van der Waals surface area contributed by atoms with Crippen molar-refractivity contribution in [3.05, 3.63) is 29.6 Å². The van der Waals surface area contributed by atoms with Crippen LogP contribution in [0.4, 0.5) is 0 Å². The Bertz CT molecular complexity index is 528. The highest BCUT2D eigenvalue weighted by Crippen LogP contribution is 2.19. The third-order valence-corrected chi connectivity index (χ3v) is 3.15. The maximum atomic E-state index is 5.68. The van der Waals surface area contributed by atoms with E-state index in [4.69, 9.17) is 5.84 Å². The van der Waals surface area contributed by atoms with E-state index in [2.05, 4.69) is 27.5 Å². The number of rotatable bonds is 6. The summed E-state index contributed by atoms with van der Waals surface area (Å²) in [5.41, 5.74) is 4.92. The van der Waals surface area contributed by atoms with Gasteiger partial charge in [0.25, 0.3) is 0 Å². The zero-order valence-corrected chi connectivity index (χ0v) is 11.7. The molecule has 0 amide bonds. The average molecular weight is 263 g/mol. The topological polar surface area (TPSA) is 86.6 Å². The highest BCUT2D eigenvalue weighted by molar-refractivity contribution is 5.21. The van der Waals surface area contributed by atoms with E-state index in [1.54, 1.807) is 11.0 Å². The second-order valence-electron chi connectivity index (χ2n) is 4.67. The van der Waals surface area contributed by atoms with Gasteiger partial charge in [0.2, 0.25) is 0 Å². The molecule has 0 spiro atoms. The van der Waals surface area contributed by atoms with Gasteiger partial charge in [0, 0.05) is 31.8 Å². The van der Waals surface area contributed by atoms with Gasteiger partial charge in [0.1, 0.15) is 12.2 Å². The van der Waals surface area contributed by atoms with Crippen molar-refractivity contribution in [2.24, 2.45) is 12.9 Å². The Labute approximate surface area is 112 Å². The predicted molar refractivity (Wildman–Crippen MR) is 72.0 cm³/mol. The first-order chi connectivity index (χ1) is 9.15. The first-order valence-electron chi connectivity index (χ1n) is 6.48. The average Bonchev–Trinajstić information content (AvgIpc) is 2.94. The van der Waals surface area contributed by atoms with Gasteiger partial charge in [-0.3, -0.25) is 20.6 Å². The Morgan fingerprint density at radius 1 is 1.47 bits per heavy atom. The fourth-order valence-electron chi connectivity index (χ4n) is 2.25. The first-order valence-corrected chi connectivity index (χ1v) is 6.48. The van der Waals surface area contributed by atoms with Crippen LogP contribution in [0.15, 0.2) is 12.5 Å². The van der Waals surface area contributed by atoms with Crippen LogP contribution in [0.25, 0.3) is 0 Å². The van der Waals surface area contributed by atoms with E-state index in [1.807, 2.05) is 24.9 Å². The van der Waals surface area contributed by atoms with Crippen molar-refractivity contribution in [2.75, 3.05) is 0 Å². The molecule has 2 aromatic rings. The van der Waals surface area contributed by atoms with E-state index >= 15 is 0 Å². The molecule has 3 N–H and O–H groups in total. The van der Waals surface area contributed by atoms with Gasteiger partial charge in [-0.2, -0.15) is 10.2 Å². The van der Waals surface area contributed by atoms with Crippen LogP contribution < -0.4 is 11.3 Å². The molecule has 0 fully saturated rings. The van der Waals surface area contributed by atoms with Crippen LogP contribution >= 0.6 is 0 Å². The van der Waals surface area contributed by atoms with Crippen LogP contribution in [0.5, 0.6) is 0 Å². The van der Waals surface area contributed by atoms with Gasteiger partial charge in [0.05, 0.1) is 11.7 Å². The van der Waals surface area contributed by atoms with Gasteiger partial charge in [-0.1, -0.05) is 6.92 Å². The molecule has 2 heterocycles. The molecule has 104 valence electrons. The zero-order valence-electron chi connectivity index (χ0n) is 11.7. The highest BCUT2D eigenvalue weighted by Gasteiger charge is 2.18. The number of aryl methyl sites for hydroxylation is 3. The minimum absolute atomic E-state index is 0.00601. The normalized spacial score (nSPS) is 12.8. The lowest BCUT2D eigenvalue weighted by atomic mass is 10.1. The molecule has 0 saturated carbocycles. The Balaban J connectivity index is 2.19. The number of nitrogens with zero attached hydrogens (tertiary/aromatic N) is 5. The van der Waals surface area contributed by atoms with E-state index < -0.39 is 0 Å². The van der Waals surface area contributed by atoms with Gasteiger partial charge in [-0.25, -0.2) is 4.98 Å². The van der Waals surface area contributed by atoms with E-state index in [0.717, 1.165) is 30.0 Å². The molecule has 0 bridgehead atoms. The lowest BCUT2D eigenvalue weighted by Crippen LogP contribution is -2.30. The van der Waals surface area contributed by atoms with Gasteiger partial charge < -0.3 is 0 Å². The van der Waals surface area contributed by atoms with Crippen molar-refractivity contribution < 1.29 is 0 Å². The summed E-state index contributed by atoms with van der Waals surface area (Å²) in [6, 6.07) is -0.00601. The third-order valence-electron chi connectivity index (χ3n) is 3.15. The standard InChI is InChI=1S/C12H21N7/c1-4-5-19-12(14-8-15-19)6-11(16-13)10-7-18(3)17-9(10)2/h7-8,11,16H,4-6,13H2,1-3H3. The van der Waals surface area contributed by atoms with Crippen molar-refractivity contribution in [3.63, 3.8) is 0 Å². The number of hydrogen-bond donors (Lipinski definition) is 2. The molecule has 2 rings (SSSR count). The summed E-state index contributed by atoms with van der Waals surface area (Å²) in [6.07, 6.45) is 5.31. The molecule has 0 aliphatic rings. The van der Waals surface area contributed by atoms with Crippen LogP contribution in [0, 0.1) is 6.92 Å². The van der Waals surface area contributed by atoms with Crippen LogP contribution in [0.1, 0.15) is 36.5 Å². The fourth-order valence-corrected chi connectivity index (χ4v) is 2.25. The van der Waals surface area contributed by atoms with Crippen molar-refractivity contribution in [1.82, 2.24) is 30.0 Å². The third kappa shape index (κ3) is 2.99. The van der Waals surface area contributed by atoms with Gasteiger partial charge in [-0.15, -0.1) is 0 Å². The number of nitrogens with two attached hydrogens (primary N) is 1. The van der Waals surface area contributed by atoms with E-state index in [1.165, 1.54) is 0 Å². The molecule has 0 aliphatic heterocycles. The SMILES string of the molecule is CCCn1ncnc1CC(NN)c1cn(C)nc1C. The van der Waals surface area contributed by atoms with Crippen LogP contribution in [0.3, 0.4) is 0 Å². The summed E-state index contributed by atoms with van der Waals surface area (Å²) < 4.78 is 3.72. The molecule has 0 saturated heterocycles. The maximum absolute atomic E-state index is 5.68. The quantitative estimate of drug-likeness (QED) is 0.584. The predicted octanol–water partition coefficient (Wildman–Crippen LogP) is 0.477. The summed E-state index contributed by atoms with van der Waals surface area (Å²) >= 11 is 0. The fraction of sp³-hybridized carbons (Fsp3) is 0.583. The van der Waals surface area contributed by atoms with E-state index in [-0.39, 0.29) is 6.04 Å². The summed E-state index contributed by atoms with van der Waals surface area (Å²) in [5.74, 6) is 6.62. The Morgan fingerprint density at radius 2 is 2.26 bits per heavy atom. The second kappa shape index (κ2) is 5.94. The summed E-state index contributed by atoms with van der Waals surface area (Å²) in [7, 11) is 1.91. The Morgan fingerprint density at radius 3 is 2.84 bits per heavy atom. The lowest BCUT2D eigenvalue weighted by Gasteiger charge is -2.15. The maximum Gasteiger partial charge on any atom is 0.138 e. The van der Waals surface area contributed by atoms with Crippen LogP contribution in [0.2, 0.25) is 0 Å². The summed E-state index contributed by atoms with van der Waals surface area (Å²) in [6.45, 7) is 4.98. The smallest absolute Gasteiger partial charge is 0.138 e. The second-order valence-corrected chi connectivity index (χ2v) is 4.67. The molecule has 2 aromatic heterocycles. The van der Waals surface area contributed by atoms with Gasteiger partial charge in [-0.05, 0) is 13.3 Å². The first kappa shape index (κ1) is 13.7. The number of nitrogens with one attached hydrogen (secondary N) is 1. The van der Waals surface area contributed by atoms with Crippen molar-refractivity contribution in [3.8, 4) is 0 Å². The Kier molecular flexibility index (Phi) is 4.28. The number of hydrogen-bond acceptors (Lipinski definition) is 5. The molecule has 1 unspecified atom stereocenters. The highest BCUT2D eigenvalue weighted by atomic mass is 15.3. The molecule has 7 heteroatoms. The lowest BCUT2D eigenvalue weighted by molar-refractivity contribution is 0.497. The molecule has 0 aromatic carbocycles. The summed E-state index contributed by atoms with van der Waals surface area (Å²) in [4.78, 5) is 4.31. The monoisotopic (exact) mass is 263 g/mol. The molecular weight excluding hydrogens is 242 g/mol. The molecule has 1 atom stereocenters. The largest absolute Gasteiger partial charge is 0.275 e. The molecular formula is C12H21N7. The minimum atomic E-state index is -0.00601. The van der Waals surface area contributed by atoms with Crippen molar-refractivity contribution >= 4 is 0 Å². The van der Waals surface area contributed by atoms with Crippen LogP contribution in [-0.2, 0) is 20.0 Å². The summed E-state index contributed by atoms with van der Waals surface area (Å²) in [5, 5.41) is 8.58. The Hall–Kier alpha value is -1.73. The number of aromatic nitrogens is 5. The zero-order chi connectivity index (χ0) is 13.8. The van der Waals surface area contributed by atoms with Crippen LogP contribution in [-0.4, -0.2) is 24.5 Å². The van der Waals surface area contributed by atoms with E-state index in [0.29, 0.717) is 6.42 Å². The molecule has 7 nitrogen and oxygen atoms in total.